The van der Waals surface area contributed by atoms with E-state index in [1.54, 1.807) is 6.07 Å². The molecule has 0 saturated heterocycles. The van der Waals surface area contributed by atoms with Crippen LogP contribution in [0.15, 0.2) is 18.2 Å². The minimum Gasteiger partial charge on any atom is -0.496 e. The Morgan fingerprint density at radius 2 is 2.05 bits per heavy atom. The molecule has 5 nitrogen and oxygen atoms in total. The van der Waals surface area contributed by atoms with E-state index < -0.39 is 18.2 Å². The molecule has 0 saturated carbocycles. The first-order valence-corrected chi connectivity index (χ1v) is 6.85. The fourth-order valence-electron chi connectivity index (χ4n) is 1.68. The molecule has 0 fully saturated rings. The summed E-state index contributed by atoms with van der Waals surface area (Å²) < 4.78 is 9.75. The Bertz CT molecular complexity index is 435. The summed E-state index contributed by atoms with van der Waals surface area (Å²) in [5, 5.41) is 20.4. The molecule has 0 aliphatic carbocycles. The number of halogens is 1. The lowest BCUT2D eigenvalue weighted by Gasteiger charge is -2.20. The van der Waals surface area contributed by atoms with Crippen molar-refractivity contribution < 1.29 is 24.5 Å². The lowest BCUT2D eigenvalue weighted by molar-refractivity contribution is 0.0160. The molecule has 0 heterocycles. The van der Waals surface area contributed by atoms with Gasteiger partial charge in [0.2, 0.25) is 0 Å². The number of alkyl halides is 1. The highest BCUT2D eigenvalue weighted by Crippen LogP contribution is 2.29. The zero-order chi connectivity index (χ0) is 14.4. The van der Waals surface area contributed by atoms with Gasteiger partial charge in [-0.1, -0.05) is 22.0 Å². The van der Waals surface area contributed by atoms with E-state index >= 15 is 0 Å². The van der Waals surface area contributed by atoms with Gasteiger partial charge in [0, 0.05) is 10.9 Å². The van der Waals surface area contributed by atoms with E-state index in [0.29, 0.717) is 28.6 Å². The van der Waals surface area contributed by atoms with Crippen LogP contribution in [-0.2, 0) is 4.74 Å². The molecule has 0 radical (unpaired) electrons. The highest BCUT2D eigenvalue weighted by atomic mass is 79.9. The summed E-state index contributed by atoms with van der Waals surface area (Å²) in [6.07, 6.45) is -1.57. The standard InChI is InChI=1S/C13H17BrO5/c1-18-11-7-8(13(17)19-2)3-4-9(11)12(16)10(15)5-6-14/h3-4,7,10,12,15-16H,5-6H2,1-2H3. The Morgan fingerprint density at radius 3 is 2.58 bits per heavy atom. The normalized spacial score (nSPS) is 13.7. The number of esters is 1. The van der Waals surface area contributed by atoms with Crippen LogP contribution in [0.2, 0.25) is 0 Å². The van der Waals surface area contributed by atoms with Crippen LogP contribution >= 0.6 is 15.9 Å². The van der Waals surface area contributed by atoms with Crippen molar-refractivity contribution in [2.75, 3.05) is 19.5 Å². The van der Waals surface area contributed by atoms with Crippen molar-refractivity contribution in [3.05, 3.63) is 29.3 Å². The van der Waals surface area contributed by atoms with Gasteiger partial charge in [-0.05, 0) is 18.6 Å². The zero-order valence-electron chi connectivity index (χ0n) is 10.8. The molecular weight excluding hydrogens is 316 g/mol. The summed E-state index contributed by atoms with van der Waals surface area (Å²) in [4.78, 5) is 11.4. The maximum Gasteiger partial charge on any atom is 0.337 e. The lowest BCUT2D eigenvalue weighted by atomic mass is 10.00. The van der Waals surface area contributed by atoms with Gasteiger partial charge in [0.15, 0.2) is 0 Å². The molecule has 2 unspecified atom stereocenters. The van der Waals surface area contributed by atoms with E-state index in [1.165, 1.54) is 26.4 Å². The van der Waals surface area contributed by atoms with Gasteiger partial charge in [-0.2, -0.15) is 0 Å². The number of carbonyl (C=O) groups is 1. The van der Waals surface area contributed by atoms with E-state index in [0.717, 1.165) is 0 Å². The van der Waals surface area contributed by atoms with Gasteiger partial charge in [0.05, 0.1) is 25.9 Å². The number of rotatable bonds is 6. The highest BCUT2D eigenvalue weighted by molar-refractivity contribution is 9.09. The SMILES string of the molecule is COC(=O)c1ccc(C(O)C(O)CCBr)c(OC)c1. The molecule has 1 aromatic rings. The van der Waals surface area contributed by atoms with E-state index in [9.17, 15) is 15.0 Å². The fourth-order valence-corrected chi connectivity index (χ4v) is 2.15. The molecule has 19 heavy (non-hydrogen) atoms. The van der Waals surface area contributed by atoms with Crippen LogP contribution in [-0.4, -0.2) is 41.8 Å². The second-order valence-corrected chi connectivity index (χ2v) is 4.73. The molecule has 1 rings (SSSR count). The van der Waals surface area contributed by atoms with Gasteiger partial charge in [-0.15, -0.1) is 0 Å². The minimum absolute atomic E-state index is 0.324. The van der Waals surface area contributed by atoms with E-state index in [4.69, 9.17) is 4.74 Å². The maximum atomic E-state index is 11.4. The maximum absolute atomic E-state index is 11.4. The topological polar surface area (TPSA) is 76.0 Å². The van der Waals surface area contributed by atoms with Crippen LogP contribution < -0.4 is 4.74 Å². The van der Waals surface area contributed by atoms with Gasteiger partial charge in [-0.25, -0.2) is 4.79 Å². The van der Waals surface area contributed by atoms with Crippen LogP contribution in [0.25, 0.3) is 0 Å². The Labute approximate surface area is 120 Å². The summed E-state index contributed by atoms with van der Waals surface area (Å²) in [5.41, 5.74) is 0.758. The number of hydrogen-bond donors (Lipinski definition) is 2. The smallest absolute Gasteiger partial charge is 0.337 e. The summed E-state index contributed by atoms with van der Waals surface area (Å²) >= 11 is 3.20. The second-order valence-electron chi connectivity index (χ2n) is 3.94. The van der Waals surface area contributed by atoms with E-state index in [1.807, 2.05) is 0 Å². The van der Waals surface area contributed by atoms with Crippen molar-refractivity contribution in [1.82, 2.24) is 0 Å². The summed E-state index contributed by atoms with van der Waals surface area (Å²) in [5.74, 6) is -0.149. The fraction of sp³-hybridized carbons (Fsp3) is 0.462. The van der Waals surface area contributed by atoms with Gasteiger partial charge >= 0.3 is 5.97 Å². The first-order valence-electron chi connectivity index (χ1n) is 5.73. The van der Waals surface area contributed by atoms with Crippen molar-refractivity contribution >= 4 is 21.9 Å². The van der Waals surface area contributed by atoms with Gasteiger partial charge in [0.1, 0.15) is 11.9 Å². The van der Waals surface area contributed by atoms with Crippen LogP contribution in [0.1, 0.15) is 28.4 Å². The summed E-state index contributed by atoms with van der Waals surface area (Å²) in [6.45, 7) is 0. The number of methoxy groups -OCH3 is 2. The minimum atomic E-state index is -1.07. The third-order valence-electron chi connectivity index (χ3n) is 2.74. The molecule has 0 bridgehead atoms. The van der Waals surface area contributed by atoms with Crippen LogP contribution in [0.5, 0.6) is 5.75 Å². The van der Waals surface area contributed by atoms with Crippen LogP contribution in [0, 0.1) is 0 Å². The van der Waals surface area contributed by atoms with Crippen molar-refractivity contribution in [2.45, 2.75) is 18.6 Å². The summed E-state index contributed by atoms with van der Waals surface area (Å²) in [7, 11) is 2.72. The number of ether oxygens (including phenoxy) is 2. The van der Waals surface area contributed by atoms with Gasteiger partial charge < -0.3 is 19.7 Å². The first-order chi connectivity index (χ1) is 9.04. The van der Waals surface area contributed by atoms with Crippen molar-refractivity contribution in [1.29, 1.82) is 0 Å². The molecule has 1 aromatic carbocycles. The molecule has 0 aliphatic rings. The second kappa shape index (κ2) is 7.47. The van der Waals surface area contributed by atoms with Gasteiger partial charge in [-0.3, -0.25) is 0 Å². The molecule has 0 spiro atoms. The Hall–Kier alpha value is -1.11. The highest BCUT2D eigenvalue weighted by Gasteiger charge is 2.22. The van der Waals surface area contributed by atoms with Gasteiger partial charge in [0.25, 0.3) is 0 Å². The predicted molar refractivity (Wildman–Crippen MR) is 73.7 cm³/mol. The molecule has 2 atom stereocenters. The molecular formula is C13H17BrO5. The Morgan fingerprint density at radius 1 is 1.37 bits per heavy atom. The van der Waals surface area contributed by atoms with Crippen LogP contribution in [0.4, 0.5) is 0 Å². The number of aliphatic hydroxyl groups is 2. The van der Waals surface area contributed by atoms with E-state index in [-0.39, 0.29) is 0 Å². The number of aliphatic hydroxyl groups excluding tert-OH is 2. The predicted octanol–water partition coefficient (Wildman–Crippen LogP) is 1.66. The lowest BCUT2D eigenvalue weighted by Crippen LogP contribution is -2.19. The quantitative estimate of drug-likeness (QED) is 0.612. The average molecular weight is 333 g/mol. The third-order valence-corrected chi connectivity index (χ3v) is 3.20. The largest absolute Gasteiger partial charge is 0.496 e. The van der Waals surface area contributed by atoms with Crippen LogP contribution in [0.3, 0.4) is 0 Å². The third kappa shape index (κ3) is 3.92. The molecule has 6 heteroatoms. The molecule has 106 valence electrons. The number of carbonyl (C=O) groups excluding carboxylic acids is 1. The number of benzene rings is 1. The average Bonchev–Trinajstić information content (AvgIpc) is 2.45. The molecule has 0 aromatic heterocycles. The number of hydrogen-bond acceptors (Lipinski definition) is 5. The summed E-state index contributed by atoms with van der Waals surface area (Å²) in [6, 6.07) is 4.55. The van der Waals surface area contributed by atoms with E-state index in [2.05, 4.69) is 20.7 Å². The van der Waals surface area contributed by atoms with Crippen molar-refractivity contribution in [2.24, 2.45) is 0 Å². The monoisotopic (exact) mass is 332 g/mol. The molecule has 0 aliphatic heterocycles. The molecule has 0 amide bonds. The Balaban J connectivity index is 3.05. The Kier molecular flexibility index (Phi) is 6.27. The zero-order valence-corrected chi connectivity index (χ0v) is 12.4. The molecule has 2 N–H and O–H groups in total. The van der Waals surface area contributed by atoms with Crippen molar-refractivity contribution in [3.8, 4) is 5.75 Å². The van der Waals surface area contributed by atoms with Crippen molar-refractivity contribution in [3.63, 3.8) is 0 Å². The first kappa shape index (κ1) is 15.9.